The Hall–Kier alpha value is -2.77. The molecule has 7 nitrogen and oxygen atoms in total. The van der Waals surface area contributed by atoms with E-state index in [1.807, 2.05) is 35.2 Å². The zero-order valence-corrected chi connectivity index (χ0v) is 17.4. The Morgan fingerprint density at radius 2 is 2.07 bits per heavy atom. The van der Waals surface area contributed by atoms with E-state index in [2.05, 4.69) is 26.8 Å². The Bertz CT molecular complexity index is 989. The van der Waals surface area contributed by atoms with E-state index < -0.39 is 5.60 Å². The van der Waals surface area contributed by atoms with Crippen LogP contribution in [0.3, 0.4) is 0 Å². The summed E-state index contributed by atoms with van der Waals surface area (Å²) < 4.78 is 0. The van der Waals surface area contributed by atoms with E-state index in [1.165, 1.54) is 5.56 Å². The van der Waals surface area contributed by atoms with Gasteiger partial charge in [-0.3, -0.25) is 14.7 Å². The summed E-state index contributed by atoms with van der Waals surface area (Å²) in [5.74, 6) is 0.0138. The maximum atomic E-state index is 13.0. The molecule has 1 aliphatic heterocycles. The first-order chi connectivity index (χ1) is 14.6. The van der Waals surface area contributed by atoms with Crippen molar-refractivity contribution in [2.24, 2.45) is 0 Å². The SMILES string of the molecule is CCN(Cc1ccncc1)CC1(O)CCCN(C(=O)c2ccc3nc[nH]c3c2)CC1. The number of hydrogen-bond donors (Lipinski definition) is 2. The van der Waals surface area contributed by atoms with Crippen LogP contribution in [-0.4, -0.2) is 67.5 Å². The number of amides is 1. The number of fused-ring (bicyclic) bond motifs is 1. The topological polar surface area (TPSA) is 85.3 Å². The molecule has 1 amide bonds. The smallest absolute Gasteiger partial charge is 0.253 e. The summed E-state index contributed by atoms with van der Waals surface area (Å²) in [5, 5.41) is 11.3. The molecule has 1 atom stereocenters. The molecule has 3 aromatic rings. The largest absolute Gasteiger partial charge is 0.388 e. The molecule has 3 heterocycles. The van der Waals surface area contributed by atoms with E-state index in [-0.39, 0.29) is 5.91 Å². The number of imidazole rings is 1. The van der Waals surface area contributed by atoms with Crippen LogP contribution in [0.4, 0.5) is 0 Å². The third-order valence-electron chi connectivity index (χ3n) is 5.99. The maximum absolute atomic E-state index is 13.0. The van der Waals surface area contributed by atoms with Gasteiger partial charge in [0.05, 0.1) is 23.0 Å². The van der Waals surface area contributed by atoms with Crippen molar-refractivity contribution in [3.8, 4) is 0 Å². The third-order valence-corrected chi connectivity index (χ3v) is 5.99. The number of benzene rings is 1. The fourth-order valence-corrected chi connectivity index (χ4v) is 4.23. The lowest BCUT2D eigenvalue weighted by molar-refractivity contribution is -0.00927. The van der Waals surface area contributed by atoms with Crippen molar-refractivity contribution < 1.29 is 9.90 Å². The third kappa shape index (κ3) is 4.68. The lowest BCUT2D eigenvalue weighted by atomic mass is 9.94. The number of carbonyl (C=O) groups is 1. The Morgan fingerprint density at radius 3 is 2.87 bits per heavy atom. The molecule has 1 fully saturated rings. The second-order valence-electron chi connectivity index (χ2n) is 8.16. The van der Waals surface area contributed by atoms with Crippen molar-refractivity contribution in [1.82, 2.24) is 24.8 Å². The van der Waals surface area contributed by atoms with Crippen molar-refractivity contribution in [3.05, 3.63) is 60.2 Å². The summed E-state index contributed by atoms with van der Waals surface area (Å²) in [4.78, 5) is 28.5. The fourth-order valence-electron chi connectivity index (χ4n) is 4.23. The quantitative estimate of drug-likeness (QED) is 0.656. The fraction of sp³-hybridized carbons (Fsp3) is 0.435. The highest BCUT2D eigenvalue weighted by Gasteiger charge is 2.33. The van der Waals surface area contributed by atoms with E-state index in [0.717, 1.165) is 30.5 Å². The Balaban J connectivity index is 1.40. The normalized spacial score (nSPS) is 19.9. The summed E-state index contributed by atoms with van der Waals surface area (Å²) in [6, 6.07) is 9.57. The van der Waals surface area contributed by atoms with Gasteiger partial charge in [-0.15, -0.1) is 0 Å². The van der Waals surface area contributed by atoms with Crippen molar-refractivity contribution in [2.45, 2.75) is 38.3 Å². The van der Waals surface area contributed by atoms with Gasteiger partial charge in [-0.05, 0) is 61.7 Å². The molecule has 0 radical (unpaired) electrons. The molecular weight excluding hydrogens is 378 g/mol. The van der Waals surface area contributed by atoms with Crippen molar-refractivity contribution in [1.29, 1.82) is 0 Å². The Morgan fingerprint density at radius 1 is 1.23 bits per heavy atom. The monoisotopic (exact) mass is 407 g/mol. The molecule has 30 heavy (non-hydrogen) atoms. The van der Waals surface area contributed by atoms with Crippen LogP contribution >= 0.6 is 0 Å². The predicted molar refractivity (Wildman–Crippen MR) is 116 cm³/mol. The first-order valence-corrected chi connectivity index (χ1v) is 10.6. The van der Waals surface area contributed by atoms with Crippen LogP contribution in [0.5, 0.6) is 0 Å². The van der Waals surface area contributed by atoms with Gasteiger partial charge < -0.3 is 15.0 Å². The van der Waals surface area contributed by atoms with Crippen LogP contribution in [0.15, 0.2) is 49.1 Å². The first-order valence-electron chi connectivity index (χ1n) is 10.6. The molecule has 2 N–H and O–H groups in total. The standard InChI is InChI=1S/C23H29N5O2/c1-2-27(15-18-6-10-24-11-7-18)16-23(30)8-3-12-28(13-9-23)22(29)19-4-5-20-21(14-19)26-17-25-20/h4-7,10-11,14,17,30H,2-3,8-9,12-13,15-16H2,1H3,(H,25,26). The molecule has 4 rings (SSSR count). The molecule has 0 saturated carbocycles. The van der Waals surface area contributed by atoms with Crippen molar-refractivity contribution >= 4 is 16.9 Å². The number of pyridine rings is 1. The number of hydrogen-bond acceptors (Lipinski definition) is 5. The minimum Gasteiger partial charge on any atom is -0.388 e. The van der Waals surface area contributed by atoms with Gasteiger partial charge in [-0.25, -0.2) is 4.98 Å². The molecule has 1 aliphatic rings. The Kier molecular flexibility index (Phi) is 6.11. The second kappa shape index (κ2) is 8.93. The molecule has 7 heteroatoms. The summed E-state index contributed by atoms with van der Waals surface area (Å²) in [7, 11) is 0. The van der Waals surface area contributed by atoms with Gasteiger partial charge in [0, 0.05) is 44.1 Å². The van der Waals surface area contributed by atoms with E-state index in [9.17, 15) is 9.90 Å². The minimum atomic E-state index is -0.786. The highest BCUT2D eigenvalue weighted by Crippen LogP contribution is 2.25. The first kappa shape index (κ1) is 20.5. The predicted octanol–water partition coefficient (Wildman–Crippen LogP) is 2.84. The van der Waals surface area contributed by atoms with Crippen LogP contribution in [-0.2, 0) is 6.54 Å². The second-order valence-corrected chi connectivity index (χ2v) is 8.16. The van der Waals surface area contributed by atoms with E-state index in [0.29, 0.717) is 38.0 Å². The number of likely N-dealkylation sites (tertiary alicyclic amines) is 1. The number of aromatic nitrogens is 3. The highest BCUT2D eigenvalue weighted by atomic mass is 16.3. The summed E-state index contributed by atoms with van der Waals surface area (Å²) in [6.45, 7) is 5.59. The summed E-state index contributed by atoms with van der Waals surface area (Å²) in [5.41, 5.74) is 2.78. The van der Waals surface area contributed by atoms with Gasteiger partial charge in [0.1, 0.15) is 0 Å². The molecule has 0 bridgehead atoms. The van der Waals surface area contributed by atoms with Crippen LogP contribution in [0, 0.1) is 0 Å². The molecular formula is C23H29N5O2. The molecule has 158 valence electrons. The molecule has 0 spiro atoms. The molecule has 0 aliphatic carbocycles. The van der Waals surface area contributed by atoms with Crippen LogP contribution in [0.2, 0.25) is 0 Å². The number of aromatic amines is 1. The molecule has 2 aromatic heterocycles. The minimum absolute atomic E-state index is 0.0138. The number of aliphatic hydroxyl groups is 1. The zero-order chi connectivity index (χ0) is 21.0. The van der Waals surface area contributed by atoms with Crippen LogP contribution in [0.1, 0.15) is 42.1 Å². The van der Waals surface area contributed by atoms with Crippen LogP contribution in [0.25, 0.3) is 11.0 Å². The van der Waals surface area contributed by atoms with Gasteiger partial charge in [-0.2, -0.15) is 0 Å². The van der Waals surface area contributed by atoms with Gasteiger partial charge >= 0.3 is 0 Å². The molecule has 1 aromatic carbocycles. The highest BCUT2D eigenvalue weighted by molar-refractivity contribution is 5.97. The van der Waals surface area contributed by atoms with Crippen molar-refractivity contribution in [2.75, 3.05) is 26.2 Å². The van der Waals surface area contributed by atoms with Gasteiger partial charge in [0.2, 0.25) is 0 Å². The Labute approximate surface area is 176 Å². The van der Waals surface area contributed by atoms with E-state index in [4.69, 9.17) is 0 Å². The number of carbonyl (C=O) groups excluding carboxylic acids is 1. The lowest BCUT2D eigenvalue weighted by Crippen LogP contribution is -2.43. The molecule has 1 unspecified atom stereocenters. The number of nitrogens with zero attached hydrogens (tertiary/aromatic N) is 4. The maximum Gasteiger partial charge on any atom is 0.253 e. The number of rotatable bonds is 6. The van der Waals surface area contributed by atoms with Crippen LogP contribution < -0.4 is 0 Å². The zero-order valence-electron chi connectivity index (χ0n) is 17.4. The lowest BCUT2D eigenvalue weighted by Gasteiger charge is -2.33. The van der Waals surface area contributed by atoms with Gasteiger partial charge in [0.15, 0.2) is 0 Å². The number of nitrogens with one attached hydrogen (secondary N) is 1. The number of H-pyrrole nitrogens is 1. The average Bonchev–Trinajstić information content (AvgIpc) is 3.15. The van der Waals surface area contributed by atoms with E-state index in [1.54, 1.807) is 18.7 Å². The summed E-state index contributed by atoms with van der Waals surface area (Å²) >= 11 is 0. The van der Waals surface area contributed by atoms with E-state index >= 15 is 0 Å². The number of likely N-dealkylation sites (N-methyl/N-ethyl adjacent to an activating group) is 1. The summed E-state index contributed by atoms with van der Waals surface area (Å²) in [6.07, 6.45) is 7.31. The molecule has 1 saturated heterocycles. The average molecular weight is 408 g/mol. The van der Waals surface area contributed by atoms with Gasteiger partial charge in [-0.1, -0.05) is 6.92 Å². The van der Waals surface area contributed by atoms with Gasteiger partial charge in [0.25, 0.3) is 5.91 Å². The van der Waals surface area contributed by atoms with Crippen molar-refractivity contribution in [3.63, 3.8) is 0 Å².